The Morgan fingerprint density at radius 2 is 1.42 bits per heavy atom. The molecule has 0 fully saturated rings. The van der Waals surface area contributed by atoms with Crippen LogP contribution in [0.1, 0.15) is 46.0 Å². The summed E-state index contributed by atoms with van der Waals surface area (Å²) in [4.78, 5) is 21.2. The number of aromatic carboxylic acids is 2. The molecule has 4 N–H and O–H groups in total. The molecule has 0 saturated heterocycles. The molecular weight excluding hydrogens is 344 g/mol. The molecule has 0 spiro atoms. The third-order valence-corrected chi connectivity index (χ3v) is 2.97. The van der Waals surface area contributed by atoms with Crippen LogP contribution in [0.4, 0.5) is 0 Å². The number of carbonyl (C=O) groups is 2. The van der Waals surface area contributed by atoms with Crippen LogP contribution in [-0.2, 0) is 9.47 Å². The van der Waals surface area contributed by atoms with Gasteiger partial charge in [-0.2, -0.15) is 0 Å². The van der Waals surface area contributed by atoms with Gasteiger partial charge in [-0.15, -0.1) is 0 Å². The number of rotatable bonds is 9. The van der Waals surface area contributed by atoms with Gasteiger partial charge in [0, 0.05) is 13.7 Å². The Labute approximate surface area is 154 Å². The third-order valence-electron chi connectivity index (χ3n) is 2.97. The van der Waals surface area contributed by atoms with Crippen LogP contribution in [0, 0.1) is 6.92 Å². The number of benzene rings is 1. The maximum atomic E-state index is 10.6. The lowest BCUT2D eigenvalue weighted by Crippen LogP contribution is -2.06. The molecule has 150 valence electrons. The van der Waals surface area contributed by atoms with Gasteiger partial charge in [0.05, 0.1) is 37.6 Å². The molecule has 0 unspecified atom stereocenters. The zero-order valence-corrected chi connectivity index (χ0v) is 15.6. The summed E-state index contributed by atoms with van der Waals surface area (Å²) in [5.74, 6) is -2.22. The van der Waals surface area contributed by atoms with Crippen molar-refractivity contribution < 1.29 is 39.5 Å². The summed E-state index contributed by atoms with van der Waals surface area (Å²) < 4.78 is 9.41. The first-order valence-corrected chi connectivity index (χ1v) is 8.21. The van der Waals surface area contributed by atoms with Gasteiger partial charge in [-0.1, -0.05) is 19.4 Å². The highest BCUT2D eigenvalue weighted by Gasteiger charge is 2.13. The Morgan fingerprint density at radius 3 is 1.69 bits per heavy atom. The van der Waals surface area contributed by atoms with E-state index < -0.39 is 11.9 Å². The summed E-state index contributed by atoms with van der Waals surface area (Å²) in [7, 11) is 1.73. The molecule has 0 aromatic heterocycles. The average molecular weight is 374 g/mol. The molecule has 0 aliphatic rings. The third kappa shape index (κ3) is 13.3. The molecular formula is C18H30O8. The Morgan fingerprint density at radius 1 is 0.962 bits per heavy atom. The number of carboxylic acid groups (broad SMARTS) is 2. The monoisotopic (exact) mass is 374 g/mol. The van der Waals surface area contributed by atoms with Crippen molar-refractivity contribution >= 4 is 11.9 Å². The van der Waals surface area contributed by atoms with E-state index in [2.05, 4.69) is 11.7 Å². The Bertz CT molecular complexity index is 462. The van der Waals surface area contributed by atoms with E-state index in [9.17, 15) is 9.59 Å². The van der Waals surface area contributed by atoms with E-state index in [0.717, 1.165) is 6.61 Å². The largest absolute Gasteiger partial charge is 0.478 e. The minimum Gasteiger partial charge on any atom is -0.478 e. The zero-order valence-electron chi connectivity index (χ0n) is 15.6. The number of methoxy groups -OCH3 is 1. The number of aliphatic hydroxyl groups is 2. The lowest BCUT2D eigenvalue weighted by Gasteiger charge is -2.03. The molecule has 0 atom stereocenters. The van der Waals surface area contributed by atoms with Gasteiger partial charge in [0.2, 0.25) is 0 Å². The molecule has 8 nitrogen and oxygen atoms in total. The second-order valence-electron chi connectivity index (χ2n) is 4.99. The molecule has 1 rings (SSSR count). The van der Waals surface area contributed by atoms with Gasteiger partial charge in [0.25, 0.3) is 0 Å². The molecule has 0 bridgehead atoms. The van der Waals surface area contributed by atoms with Crippen LogP contribution in [-0.4, -0.2) is 72.5 Å². The van der Waals surface area contributed by atoms with Crippen LogP contribution in [0.3, 0.4) is 0 Å². The highest BCUT2D eigenvalue weighted by Crippen LogP contribution is 2.13. The van der Waals surface area contributed by atoms with Gasteiger partial charge in [0.15, 0.2) is 0 Å². The van der Waals surface area contributed by atoms with E-state index in [-0.39, 0.29) is 29.9 Å². The van der Waals surface area contributed by atoms with Crippen molar-refractivity contribution in [2.45, 2.75) is 26.7 Å². The first kappa shape index (κ1) is 26.2. The predicted molar refractivity (Wildman–Crippen MR) is 96.9 cm³/mol. The molecule has 8 heteroatoms. The number of hydrogen-bond donors (Lipinski definition) is 4. The van der Waals surface area contributed by atoms with Crippen molar-refractivity contribution in [2.75, 3.05) is 40.1 Å². The van der Waals surface area contributed by atoms with Gasteiger partial charge in [0.1, 0.15) is 0 Å². The number of carboxylic acids is 2. The van der Waals surface area contributed by atoms with Crippen LogP contribution in [0.5, 0.6) is 0 Å². The zero-order chi connectivity index (χ0) is 20.4. The van der Waals surface area contributed by atoms with Crippen LogP contribution >= 0.6 is 0 Å². The summed E-state index contributed by atoms with van der Waals surface area (Å²) in [6.07, 6.45) is 2.42. The summed E-state index contributed by atoms with van der Waals surface area (Å²) in [6.45, 7) is 5.24. The molecule has 1 aromatic rings. The van der Waals surface area contributed by atoms with Gasteiger partial charge in [-0.25, -0.2) is 9.59 Å². The van der Waals surface area contributed by atoms with Gasteiger partial charge in [-0.3, -0.25) is 0 Å². The maximum Gasteiger partial charge on any atom is 0.335 e. The number of aliphatic hydroxyl groups excluding tert-OH is 2. The topological polar surface area (TPSA) is 134 Å². The van der Waals surface area contributed by atoms with E-state index in [4.69, 9.17) is 25.2 Å². The normalized spacial score (nSPS) is 9.42. The molecule has 1 aromatic carbocycles. The van der Waals surface area contributed by atoms with Crippen molar-refractivity contribution in [3.05, 3.63) is 34.9 Å². The fourth-order valence-electron chi connectivity index (χ4n) is 1.62. The molecule has 26 heavy (non-hydrogen) atoms. The molecule has 0 heterocycles. The van der Waals surface area contributed by atoms with Crippen LogP contribution in [0.15, 0.2) is 18.2 Å². The number of unbranched alkanes of at least 4 members (excludes halogenated alkanes) is 1. The van der Waals surface area contributed by atoms with Crippen molar-refractivity contribution in [3.63, 3.8) is 0 Å². The van der Waals surface area contributed by atoms with Gasteiger partial charge >= 0.3 is 11.9 Å². The summed E-state index contributed by atoms with van der Waals surface area (Å²) in [5.41, 5.74) is 0.335. The van der Waals surface area contributed by atoms with Crippen molar-refractivity contribution in [1.29, 1.82) is 0 Å². The smallest absolute Gasteiger partial charge is 0.335 e. The highest BCUT2D eigenvalue weighted by atomic mass is 16.5. The quantitative estimate of drug-likeness (QED) is 0.481. The van der Waals surface area contributed by atoms with Crippen LogP contribution in [0.2, 0.25) is 0 Å². The SMILES string of the molecule is CCCCOC.Cc1c(C(=O)O)cccc1C(=O)O.OCCOCCO. The Hall–Kier alpha value is -2.00. The fourth-order valence-corrected chi connectivity index (χ4v) is 1.62. The molecule has 0 amide bonds. The van der Waals surface area contributed by atoms with Crippen molar-refractivity contribution in [1.82, 2.24) is 0 Å². The second-order valence-corrected chi connectivity index (χ2v) is 4.99. The summed E-state index contributed by atoms with van der Waals surface area (Å²) >= 11 is 0. The first-order valence-electron chi connectivity index (χ1n) is 8.21. The minimum absolute atomic E-state index is 0.0277. The summed E-state index contributed by atoms with van der Waals surface area (Å²) in [6, 6.07) is 4.17. The molecule has 0 radical (unpaired) electrons. The standard InChI is InChI=1S/C9H8O4.C5H12O.C4H10O3/c1-5-6(8(10)11)3-2-4-7(5)9(12)13;1-3-4-5-6-2;5-1-3-7-4-2-6/h2-4H,1H3,(H,10,11)(H,12,13);3-5H2,1-2H3;5-6H,1-4H2. The molecule has 0 aliphatic heterocycles. The minimum atomic E-state index is -1.11. The maximum absolute atomic E-state index is 10.6. The van der Waals surface area contributed by atoms with E-state index in [0.29, 0.717) is 13.2 Å². The average Bonchev–Trinajstić information content (AvgIpc) is 2.61. The van der Waals surface area contributed by atoms with Crippen molar-refractivity contribution in [2.24, 2.45) is 0 Å². The fraction of sp³-hybridized carbons (Fsp3) is 0.556. The number of ether oxygens (including phenoxy) is 2. The highest BCUT2D eigenvalue weighted by molar-refractivity contribution is 5.96. The first-order chi connectivity index (χ1) is 12.4. The van der Waals surface area contributed by atoms with E-state index in [1.807, 2.05) is 0 Å². The Balaban J connectivity index is 0. The lowest BCUT2D eigenvalue weighted by molar-refractivity contribution is 0.0650. The van der Waals surface area contributed by atoms with Crippen LogP contribution in [0.25, 0.3) is 0 Å². The van der Waals surface area contributed by atoms with Crippen molar-refractivity contribution in [3.8, 4) is 0 Å². The van der Waals surface area contributed by atoms with E-state index in [1.54, 1.807) is 7.11 Å². The second kappa shape index (κ2) is 17.8. The Kier molecular flexibility index (Phi) is 18.0. The predicted octanol–water partition coefficient (Wildman–Crippen LogP) is 1.81. The molecule has 0 saturated carbocycles. The van der Waals surface area contributed by atoms with Gasteiger partial charge in [-0.05, 0) is 31.0 Å². The van der Waals surface area contributed by atoms with Crippen LogP contribution < -0.4 is 0 Å². The number of hydrogen-bond acceptors (Lipinski definition) is 6. The van der Waals surface area contributed by atoms with Gasteiger partial charge < -0.3 is 29.9 Å². The molecule has 0 aliphatic carbocycles. The lowest BCUT2D eigenvalue weighted by atomic mass is 10.0. The van der Waals surface area contributed by atoms with E-state index in [1.165, 1.54) is 38.0 Å². The summed E-state index contributed by atoms with van der Waals surface area (Å²) in [5, 5.41) is 33.5. The van der Waals surface area contributed by atoms with E-state index >= 15 is 0 Å².